The lowest BCUT2D eigenvalue weighted by Gasteiger charge is -2.23. The molecule has 0 unspecified atom stereocenters. The Kier molecular flexibility index (Phi) is 5.61. The van der Waals surface area contributed by atoms with Crippen molar-refractivity contribution in [2.24, 2.45) is 0 Å². The van der Waals surface area contributed by atoms with E-state index in [-0.39, 0.29) is 10.5 Å². The molecule has 21 heavy (non-hydrogen) atoms. The molecule has 0 fully saturated rings. The number of rotatable bonds is 7. The van der Waals surface area contributed by atoms with Gasteiger partial charge in [-0.05, 0) is 32.0 Å². The van der Waals surface area contributed by atoms with E-state index in [1.54, 1.807) is 13.2 Å². The van der Waals surface area contributed by atoms with Gasteiger partial charge in [-0.15, -0.1) is 0 Å². The molecule has 1 rings (SSSR count). The van der Waals surface area contributed by atoms with Crippen LogP contribution in [-0.2, 0) is 14.8 Å². The summed E-state index contributed by atoms with van der Waals surface area (Å²) in [6.45, 7) is 4.36. The van der Waals surface area contributed by atoms with Gasteiger partial charge in [0.05, 0.1) is 22.8 Å². The Bertz CT molecular complexity index is 583. The third-order valence-electron chi connectivity index (χ3n) is 3.27. The Morgan fingerprint density at radius 3 is 2.38 bits per heavy atom. The first kappa shape index (κ1) is 17.7. The summed E-state index contributed by atoms with van der Waals surface area (Å²) >= 11 is 0. The van der Waals surface area contributed by atoms with Gasteiger partial charge in [0.15, 0.2) is 0 Å². The van der Waals surface area contributed by atoms with E-state index < -0.39 is 10.0 Å². The number of ether oxygens (including phenoxy) is 2. The van der Waals surface area contributed by atoms with Gasteiger partial charge in [-0.3, -0.25) is 0 Å². The van der Waals surface area contributed by atoms with Crippen LogP contribution in [0.5, 0.6) is 5.75 Å². The zero-order chi connectivity index (χ0) is 16.3. The van der Waals surface area contributed by atoms with Crippen LogP contribution in [-0.4, -0.2) is 46.1 Å². The average Bonchev–Trinajstić information content (AvgIpc) is 2.40. The van der Waals surface area contributed by atoms with Crippen molar-refractivity contribution in [1.82, 2.24) is 4.31 Å². The van der Waals surface area contributed by atoms with Crippen LogP contribution >= 0.6 is 0 Å². The minimum absolute atomic E-state index is 0.148. The maximum atomic E-state index is 12.0. The third kappa shape index (κ3) is 4.59. The normalized spacial score (nSPS) is 12.7. The van der Waals surface area contributed by atoms with Crippen molar-refractivity contribution in [2.45, 2.75) is 30.8 Å². The van der Waals surface area contributed by atoms with Crippen molar-refractivity contribution in [3.05, 3.63) is 18.2 Å². The van der Waals surface area contributed by atoms with Crippen LogP contribution in [0.25, 0.3) is 0 Å². The number of nitrogen functional groups attached to an aromatic ring is 1. The van der Waals surface area contributed by atoms with Crippen LogP contribution in [0, 0.1) is 0 Å². The second kappa shape index (κ2) is 6.64. The van der Waals surface area contributed by atoms with Crippen molar-refractivity contribution in [2.75, 3.05) is 33.5 Å². The van der Waals surface area contributed by atoms with E-state index in [0.717, 1.165) is 4.31 Å². The second-order valence-corrected chi connectivity index (χ2v) is 7.70. The molecule has 120 valence electrons. The van der Waals surface area contributed by atoms with Crippen molar-refractivity contribution in [3.8, 4) is 5.75 Å². The first-order chi connectivity index (χ1) is 9.60. The Hall–Kier alpha value is -1.31. The molecule has 2 N–H and O–H groups in total. The highest BCUT2D eigenvalue weighted by Crippen LogP contribution is 2.26. The average molecular weight is 316 g/mol. The number of anilines is 1. The van der Waals surface area contributed by atoms with Crippen LogP contribution in [0.3, 0.4) is 0 Å². The Morgan fingerprint density at radius 1 is 1.29 bits per heavy atom. The molecule has 0 aromatic heterocycles. The van der Waals surface area contributed by atoms with E-state index in [1.165, 1.54) is 26.2 Å². The smallest absolute Gasteiger partial charge is 0.242 e. The van der Waals surface area contributed by atoms with Gasteiger partial charge in [0, 0.05) is 27.6 Å². The lowest BCUT2D eigenvalue weighted by molar-refractivity contribution is 0.00551. The summed E-state index contributed by atoms with van der Waals surface area (Å²) in [5, 5.41) is 0. The molecule has 1 aromatic carbocycles. The standard InChI is InChI=1S/C14H24N2O4S/c1-14(2,19-5)8-9-20-13-7-6-11(10-12(13)15)21(17,18)16(3)4/h6-7,10H,8-9,15H2,1-5H3. The molecule has 0 bridgehead atoms. The molecule has 0 saturated heterocycles. The molecule has 0 spiro atoms. The van der Waals surface area contributed by atoms with Crippen molar-refractivity contribution in [1.29, 1.82) is 0 Å². The third-order valence-corrected chi connectivity index (χ3v) is 5.09. The molecule has 0 aliphatic rings. The number of benzene rings is 1. The number of methoxy groups -OCH3 is 1. The maximum absolute atomic E-state index is 12.0. The molecule has 0 radical (unpaired) electrons. The Balaban J connectivity index is 2.81. The number of hydrogen-bond acceptors (Lipinski definition) is 5. The fourth-order valence-corrected chi connectivity index (χ4v) is 2.48. The molecule has 0 saturated carbocycles. The van der Waals surface area contributed by atoms with Gasteiger partial charge >= 0.3 is 0 Å². The first-order valence-corrected chi connectivity index (χ1v) is 8.04. The van der Waals surface area contributed by atoms with E-state index in [0.29, 0.717) is 24.5 Å². The number of nitrogens with zero attached hydrogens (tertiary/aromatic N) is 1. The zero-order valence-corrected chi connectivity index (χ0v) is 14.0. The van der Waals surface area contributed by atoms with Gasteiger partial charge in [0.25, 0.3) is 0 Å². The van der Waals surface area contributed by atoms with Crippen LogP contribution in [0.1, 0.15) is 20.3 Å². The zero-order valence-electron chi connectivity index (χ0n) is 13.2. The van der Waals surface area contributed by atoms with Crippen molar-refractivity contribution < 1.29 is 17.9 Å². The molecule has 6 nitrogen and oxygen atoms in total. The Labute approximate surface area is 126 Å². The summed E-state index contributed by atoms with van der Waals surface area (Å²) < 4.78 is 36.0. The van der Waals surface area contributed by atoms with Crippen LogP contribution in [0.4, 0.5) is 5.69 Å². The van der Waals surface area contributed by atoms with Crippen molar-refractivity contribution >= 4 is 15.7 Å². The van der Waals surface area contributed by atoms with Crippen LogP contribution in [0.15, 0.2) is 23.1 Å². The summed E-state index contributed by atoms with van der Waals surface area (Å²) in [6, 6.07) is 4.47. The van der Waals surface area contributed by atoms with Gasteiger partial charge < -0.3 is 15.2 Å². The van der Waals surface area contributed by atoms with Gasteiger partial charge in [0.2, 0.25) is 10.0 Å². The maximum Gasteiger partial charge on any atom is 0.242 e. The highest BCUT2D eigenvalue weighted by Gasteiger charge is 2.19. The summed E-state index contributed by atoms with van der Waals surface area (Å²) in [5.41, 5.74) is 5.89. The minimum Gasteiger partial charge on any atom is -0.491 e. The quantitative estimate of drug-likeness (QED) is 0.774. The SMILES string of the molecule is COC(C)(C)CCOc1ccc(S(=O)(=O)N(C)C)cc1N. The van der Waals surface area contributed by atoms with Gasteiger partial charge in [0.1, 0.15) is 5.75 Å². The molecule has 0 aliphatic heterocycles. The van der Waals surface area contributed by atoms with Crippen LogP contribution in [0.2, 0.25) is 0 Å². The van der Waals surface area contributed by atoms with Gasteiger partial charge in [-0.2, -0.15) is 0 Å². The molecule has 0 aliphatic carbocycles. The van der Waals surface area contributed by atoms with E-state index >= 15 is 0 Å². The first-order valence-electron chi connectivity index (χ1n) is 6.60. The van der Waals surface area contributed by atoms with Gasteiger partial charge in [-0.25, -0.2) is 12.7 Å². The predicted molar refractivity (Wildman–Crippen MR) is 82.9 cm³/mol. The fraction of sp³-hybridized carbons (Fsp3) is 0.571. The predicted octanol–water partition coefficient (Wildman–Crippen LogP) is 1.71. The Morgan fingerprint density at radius 2 is 1.90 bits per heavy atom. The van der Waals surface area contributed by atoms with E-state index in [2.05, 4.69) is 0 Å². The molecule has 0 heterocycles. The second-order valence-electron chi connectivity index (χ2n) is 5.55. The lowest BCUT2D eigenvalue weighted by atomic mass is 10.1. The molecular weight excluding hydrogens is 292 g/mol. The largest absolute Gasteiger partial charge is 0.491 e. The summed E-state index contributed by atoms with van der Waals surface area (Å²) in [6.07, 6.45) is 0.695. The van der Waals surface area contributed by atoms with Crippen LogP contribution < -0.4 is 10.5 Å². The van der Waals surface area contributed by atoms with Crippen molar-refractivity contribution in [3.63, 3.8) is 0 Å². The molecule has 1 aromatic rings. The van der Waals surface area contributed by atoms with E-state index in [4.69, 9.17) is 15.2 Å². The molecule has 7 heteroatoms. The minimum atomic E-state index is -3.49. The number of hydrogen-bond donors (Lipinski definition) is 1. The monoisotopic (exact) mass is 316 g/mol. The topological polar surface area (TPSA) is 81.9 Å². The molecule has 0 atom stereocenters. The summed E-state index contributed by atoms with van der Waals surface area (Å²) in [7, 11) is 1.11. The number of sulfonamides is 1. The molecular formula is C14H24N2O4S. The van der Waals surface area contributed by atoms with Gasteiger partial charge in [-0.1, -0.05) is 0 Å². The number of nitrogens with two attached hydrogens (primary N) is 1. The lowest BCUT2D eigenvalue weighted by Crippen LogP contribution is -2.25. The summed E-state index contributed by atoms with van der Waals surface area (Å²) in [5.74, 6) is 0.472. The highest BCUT2D eigenvalue weighted by atomic mass is 32.2. The van der Waals surface area contributed by atoms with E-state index in [9.17, 15) is 8.42 Å². The van der Waals surface area contributed by atoms with E-state index in [1.807, 2.05) is 13.8 Å². The fourth-order valence-electron chi connectivity index (χ4n) is 1.54. The highest BCUT2D eigenvalue weighted by molar-refractivity contribution is 7.89. The molecule has 0 amide bonds. The summed E-state index contributed by atoms with van der Waals surface area (Å²) in [4.78, 5) is 0.148.